The molecule has 164 valence electrons. The lowest BCUT2D eigenvalue weighted by molar-refractivity contribution is -0.121. The van der Waals surface area contributed by atoms with Crippen molar-refractivity contribution in [2.24, 2.45) is 4.99 Å². The smallest absolute Gasteiger partial charge is 0.221 e. The van der Waals surface area contributed by atoms with Crippen LogP contribution in [0.1, 0.15) is 78.6 Å². The van der Waals surface area contributed by atoms with E-state index >= 15 is 0 Å². The Balaban J connectivity index is 0.00000392. The average Bonchev–Trinajstić information content (AvgIpc) is 2.67. The van der Waals surface area contributed by atoms with Gasteiger partial charge in [0.15, 0.2) is 5.96 Å². The molecule has 28 heavy (non-hydrogen) atoms. The Labute approximate surface area is 189 Å². The minimum Gasteiger partial charge on any atom is -0.357 e. The first-order valence-corrected chi connectivity index (χ1v) is 11.1. The molecule has 0 aromatic carbocycles. The van der Waals surface area contributed by atoms with Crippen molar-refractivity contribution < 1.29 is 4.79 Å². The molecule has 0 aromatic rings. The van der Waals surface area contributed by atoms with Gasteiger partial charge in [0, 0.05) is 31.1 Å². The zero-order valence-corrected chi connectivity index (χ0v) is 20.5. The Bertz CT molecular complexity index is 471. The van der Waals surface area contributed by atoms with E-state index in [0.29, 0.717) is 13.0 Å². The fourth-order valence-electron chi connectivity index (χ4n) is 4.41. The van der Waals surface area contributed by atoms with E-state index in [0.717, 1.165) is 19.0 Å². The molecule has 1 saturated heterocycles. The van der Waals surface area contributed by atoms with Gasteiger partial charge in [0.2, 0.25) is 5.91 Å². The molecule has 1 saturated carbocycles. The second-order valence-corrected chi connectivity index (χ2v) is 8.43. The van der Waals surface area contributed by atoms with Gasteiger partial charge in [-0.05, 0) is 59.5 Å². The number of halogens is 1. The molecule has 1 aliphatic carbocycles. The fraction of sp³-hybridized carbons (Fsp3) is 0.905. The number of aliphatic imine (C=N–C) groups is 1. The summed E-state index contributed by atoms with van der Waals surface area (Å²) >= 11 is 0. The van der Waals surface area contributed by atoms with Crippen LogP contribution in [0.15, 0.2) is 4.99 Å². The maximum Gasteiger partial charge on any atom is 0.221 e. The summed E-state index contributed by atoms with van der Waals surface area (Å²) in [4.78, 5) is 19.5. The number of guanidine groups is 1. The molecular weight excluding hydrogens is 465 g/mol. The van der Waals surface area contributed by atoms with Crippen LogP contribution in [0.5, 0.6) is 0 Å². The Kier molecular flexibility index (Phi) is 12.4. The molecule has 1 aliphatic heterocycles. The van der Waals surface area contributed by atoms with Crippen LogP contribution in [0.2, 0.25) is 0 Å². The highest BCUT2D eigenvalue weighted by molar-refractivity contribution is 14.0. The molecule has 1 heterocycles. The predicted molar refractivity (Wildman–Crippen MR) is 129 cm³/mol. The minimum absolute atomic E-state index is 0. The highest BCUT2D eigenvalue weighted by Gasteiger charge is 2.38. The third-order valence-electron chi connectivity index (χ3n) is 5.78. The van der Waals surface area contributed by atoms with Gasteiger partial charge in [0.25, 0.3) is 0 Å². The van der Waals surface area contributed by atoms with Crippen LogP contribution in [0, 0.1) is 0 Å². The SMILES string of the molecule is CCNC(=NCC1(N2CCCCC2)CCCCC1)NCCC(=O)NC(C)C.I. The number of piperidine rings is 1. The van der Waals surface area contributed by atoms with Gasteiger partial charge in [0.05, 0.1) is 6.54 Å². The predicted octanol–water partition coefficient (Wildman–Crippen LogP) is 3.26. The highest BCUT2D eigenvalue weighted by Crippen LogP contribution is 2.35. The maximum atomic E-state index is 11.8. The van der Waals surface area contributed by atoms with Gasteiger partial charge in [-0.15, -0.1) is 24.0 Å². The van der Waals surface area contributed by atoms with Gasteiger partial charge in [-0.25, -0.2) is 0 Å². The van der Waals surface area contributed by atoms with Gasteiger partial charge in [-0.2, -0.15) is 0 Å². The van der Waals surface area contributed by atoms with Crippen molar-refractivity contribution in [3.63, 3.8) is 0 Å². The van der Waals surface area contributed by atoms with Crippen molar-refractivity contribution >= 4 is 35.8 Å². The fourth-order valence-corrected chi connectivity index (χ4v) is 4.41. The lowest BCUT2D eigenvalue weighted by atomic mass is 9.79. The summed E-state index contributed by atoms with van der Waals surface area (Å²) in [5.41, 5.74) is 0.246. The lowest BCUT2D eigenvalue weighted by Crippen LogP contribution is -2.54. The molecule has 2 fully saturated rings. The quantitative estimate of drug-likeness (QED) is 0.268. The van der Waals surface area contributed by atoms with E-state index < -0.39 is 0 Å². The van der Waals surface area contributed by atoms with Crippen molar-refractivity contribution in [3.05, 3.63) is 0 Å². The van der Waals surface area contributed by atoms with Crippen molar-refractivity contribution in [2.45, 2.75) is 90.1 Å². The number of hydrogen-bond donors (Lipinski definition) is 3. The van der Waals surface area contributed by atoms with Crippen LogP contribution in [0.3, 0.4) is 0 Å². The second-order valence-electron chi connectivity index (χ2n) is 8.43. The molecule has 3 N–H and O–H groups in total. The molecule has 0 aromatic heterocycles. The summed E-state index contributed by atoms with van der Waals surface area (Å²) in [7, 11) is 0. The van der Waals surface area contributed by atoms with E-state index in [4.69, 9.17) is 4.99 Å². The summed E-state index contributed by atoms with van der Waals surface area (Å²) in [5.74, 6) is 0.933. The zero-order chi connectivity index (χ0) is 19.5. The van der Waals surface area contributed by atoms with Gasteiger partial charge >= 0.3 is 0 Å². The Morgan fingerprint density at radius 1 is 1.04 bits per heavy atom. The number of hydrogen-bond acceptors (Lipinski definition) is 3. The summed E-state index contributed by atoms with van der Waals surface area (Å²) in [6.07, 6.45) is 11.1. The first kappa shape index (κ1) is 25.5. The molecule has 1 amide bonds. The second kappa shape index (κ2) is 13.6. The van der Waals surface area contributed by atoms with Crippen LogP contribution < -0.4 is 16.0 Å². The van der Waals surface area contributed by atoms with E-state index in [2.05, 4.69) is 27.8 Å². The first-order chi connectivity index (χ1) is 13.1. The van der Waals surface area contributed by atoms with Gasteiger partial charge < -0.3 is 16.0 Å². The van der Waals surface area contributed by atoms with Crippen molar-refractivity contribution in [2.75, 3.05) is 32.7 Å². The molecule has 7 heteroatoms. The number of carbonyl (C=O) groups excluding carboxylic acids is 1. The zero-order valence-electron chi connectivity index (χ0n) is 18.2. The third kappa shape index (κ3) is 8.43. The lowest BCUT2D eigenvalue weighted by Gasteiger charge is -2.47. The van der Waals surface area contributed by atoms with Crippen molar-refractivity contribution in [1.29, 1.82) is 0 Å². The van der Waals surface area contributed by atoms with Crippen molar-refractivity contribution in [3.8, 4) is 0 Å². The molecule has 2 aliphatic rings. The summed E-state index contributed by atoms with van der Waals surface area (Å²) in [6, 6.07) is 0.190. The monoisotopic (exact) mass is 507 g/mol. The number of carbonyl (C=O) groups is 1. The molecular formula is C21H42IN5O. The van der Waals surface area contributed by atoms with E-state index in [1.165, 1.54) is 64.5 Å². The Morgan fingerprint density at radius 2 is 1.68 bits per heavy atom. The number of nitrogens with one attached hydrogen (secondary N) is 3. The van der Waals surface area contributed by atoms with Gasteiger partial charge in [-0.1, -0.05) is 25.7 Å². The minimum atomic E-state index is 0. The summed E-state index contributed by atoms with van der Waals surface area (Å²) in [6.45, 7) is 10.8. The third-order valence-corrected chi connectivity index (χ3v) is 5.78. The summed E-state index contributed by atoms with van der Waals surface area (Å²) < 4.78 is 0. The standard InChI is InChI=1S/C21H41N5O.HI/c1-4-22-20(23-14-11-19(27)25-18(2)3)24-17-21(12-7-5-8-13-21)26-15-9-6-10-16-26;/h18H,4-17H2,1-3H3,(H,25,27)(H2,22,23,24);1H. The van der Waals surface area contributed by atoms with Crippen LogP contribution >= 0.6 is 24.0 Å². The first-order valence-electron chi connectivity index (χ1n) is 11.1. The number of nitrogens with zero attached hydrogens (tertiary/aromatic N) is 2. The topological polar surface area (TPSA) is 68.8 Å². The number of rotatable bonds is 8. The van der Waals surface area contributed by atoms with Crippen LogP contribution in [-0.4, -0.2) is 61.1 Å². The van der Waals surface area contributed by atoms with Crippen LogP contribution in [0.4, 0.5) is 0 Å². The van der Waals surface area contributed by atoms with E-state index in [-0.39, 0.29) is 41.5 Å². The molecule has 0 bridgehead atoms. The molecule has 0 unspecified atom stereocenters. The van der Waals surface area contributed by atoms with E-state index in [1.807, 2.05) is 13.8 Å². The molecule has 0 atom stereocenters. The van der Waals surface area contributed by atoms with E-state index in [1.54, 1.807) is 0 Å². The molecule has 0 radical (unpaired) electrons. The average molecular weight is 508 g/mol. The normalized spacial score (nSPS) is 20.4. The maximum absolute atomic E-state index is 11.8. The highest BCUT2D eigenvalue weighted by atomic mass is 127. The van der Waals surface area contributed by atoms with Gasteiger partial charge in [0.1, 0.15) is 0 Å². The largest absolute Gasteiger partial charge is 0.357 e. The van der Waals surface area contributed by atoms with E-state index in [9.17, 15) is 4.79 Å². The van der Waals surface area contributed by atoms with Crippen molar-refractivity contribution in [1.82, 2.24) is 20.9 Å². The van der Waals surface area contributed by atoms with Gasteiger partial charge in [-0.3, -0.25) is 14.7 Å². The van der Waals surface area contributed by atoms with Crippen LogP contribution in [-0.2, 0) is 4.79 Å². The Morgan fingerprint density at radius 3 is 2.29 bits per heavy atom. The van der Waals surface area contributed by atoms with Crippen LogP contribution in [0.25, 0.3) is 0 Å². The summed E-state index contributed by atoms with van der Waals surface area (Å²) in [5, 5.41) is 9.62. The number of likely N-dealkylation sites (tertiary alicyclic amines) is 1. The molecule has 6 nitrogen and oxygen atoms in total. The number of amides is 1. The molecule has 0 spiro atoms. The molecule has 2 rings (SSSR count). The Hall–Kier alpha value is -0.570.